The van der Waals surface area contributed by atoms with Crippen LogP contribution in [0.1, 0.15) is 59.3 Å². The van der Waals surface area contributed by atoms with Crippen LogP contribution in [-0.2, 0) is 10.4 Å². The predicted octanol–water partition coefficient (Wildman–Crippen LogP) is 4.78. The van der Waals surface area contributed by atoms with E-state index in [9.17, 15) is 27.9 Å². The number of anilines is 1. The summed E-state index contributed by atoms with van der Waals surface area (Å²) < 4.78 is 41.3. The lowest BCUT2D eigenvalue weighted by Gasteiger charge is -2.32. The van der Waals surface area contributed by atoms with Gasteiger partial charge in [0.2, 0.25) is 5.60 Å². The molecule has 3 aromatic rings. The Morgan fingerprint density at radius 2 is 1.84 bits per heavy atom. The molecule has 1 aromatic carbocycles. The summed E-state index contributed by atoms with van der Waals surface area (Å²) in [7, 11) is 0. The van der Waals surface area contributed by atoms with Gasteiger partial charge in [0.05, 0.1) is 10.6 Å². The number of amides is 2. The maximum atomic E-state index is 14.7. The van der Waals surface area contributed by atoms with E-state index in [1.54, 1.807) is 18.2 Å². The molecule has 1 aliphatic heterocycles. The number of halogens is 4. The summed E-state index contributed by atoms with van der Waals surface area (Å²) in [5.41, 5.74) is -2.98. The number of carbonyl (C=O) groups is 2. The lowest BCUT2D eigenvalue weighted by Crippen LogP contribution is -2.45. The third-order valence-electron chi connectivity index (χ3n) is 7.21. The van der Waals surface area contributed by atoms with E-state index in [-0.39, 0.29) is 46.0 Å². The van der Waals surface area contributed by atoms with Gasteiger partial charge in [0, 0.05) is 36.1 Å². The second kappa shape index (κ2) is 10.3. The fourth-order valence-electron chi connectivity index (χ4n) is 5.30. The Morgan fingerprint density at radius 1 is 1.13 bits per heavy atom. The average molecular weight is 545 g/mol. The lowest BCUT2D eigenvalue weighted by molar-refractivity contribution is -0.132. The number of rotatable bonds is 6. The van der Waals surface area contributed by atoms with Crippen molar-refractivity contribution >= 4 is 29.2 Å². The Bertz CT molecular complexity index is 1380. The van der Waals surface area contributed by atoms with Gasteiger partial charge in [-0.05, 0) is 55.9 Å². The summed E-state index contributed by atoms with van der Waals surface area (Å²) in [5.74, 6) is -1.72. The first kappa shape index (κ1) is 26.1. The topological polar surface area (TPSA) is 95.4 Å². The average Bonchev–Trinajstić information content (AvgIpc) is 3.12. The smallest absolute Gasteiger partial charge is 0.281 e. The molecular weight excluding hydrogens is 521 g/mol. The van der Waals surface area contributed by atoms with Gasteiger partial charge in [0.25, 0.3) is 18.2 Å². The minimum atomic E-state index is -2.92. The molecule has 7 nitrogen and oxygen atoms in total. The highest BCUT2D eigenvalue weighted by atomic mass is 35.5. The first-order valence-corrected chi connectivity index (χ1v) is 12.6. The molecule has 1 unspecified atom stereocenters. The Kier molecular flexibility index (Phi) is 7.11. The fraction of sp³-hybridized carbons (Fsp3) is 0.333. The molecule has 2 N–H and O–H groups in total. The number of hydrogen-bond donors (Lipinski definition) is 2. The fourth-order valence-corrected chi connectivity index (χ4v) is 5.46. The van der Waals surface area contributed by atoms with Crippen molar-refractivity contribution in [3.8, 4) is 0 Å². The van der Waals surface area contributed by atoms with Crippen molar-refractivity contribution in [3.63, 3.8) is 0 Å². The molecule has 38 heavy (non-hydrogen) atoms. The summed E-state index contributed by atoms with van der Waals surface area (Å²) >= 11 is 5.86. The molecule has 2 amide bonds. The van der Waals surface area contributed by atoms with E-state index in [1.165, 1.54) is 35.4 Å². The highest BCUT2D eigenvalue weighted by Gasteiger charge is 2.53. The van der Waals surface area contributed by atoms with Crippen LogP contribution >= 0.6 is 11.6 Å². The number of benzene rings is 1. The minimum absolute atomic E-state index is 0.0226. The zero-order valence-corrected chi connectivity index (χ0v) is 20.8. The number of carbonyl (C=O) groups excluding carboxylic acids is 2. The van der Waals surface area contributed by atoms with E-state index in [1.807, 2.05) is 0 Å². The van der Waals surface area contributed by atoms with Crippen molar-refractivity contribution in [2.45, 2.75) is 43.8 Å². The SMILES string of the molecule is O=C(N[C@H]1CC[C@H](CN2C(=O)C(O)(c3ccccc3F)c3cccnc32)CC1)c1cc(Cl)cnc1C(F)F. The van der Waals surface area contributed by atoms with Gasteiger partial charge in [-0.1, -0.05) is 29.8 Å². The monoisotopic (exact) mass is 544 g/mol. The molecule has 1 atom stereocenters. The third kappa shape index (κ3) is 4.63. The molecule has 2 aromatic heterocycles. The van der Waals surface area contributed by atoms with Crippen molar-refractivity contribution in [2.24, 2.45) is 5.92 Å². The summed E-state index contributed by atoms with van der Waals surface area (Å²) in [5, 5.41) is 14.4. The summed E-state index contributed by atoms with van der Waals surface area (Å²) in [6.45, 7) is 0.258. The number of aliphatic hydroxyl groups is 1. The van der Waals surface area contributed by atoms with E-state index < -0.39 is 35.4 Å². The van der Waals surface area contributed by atoms with Crippen LogP contribution in [0.2, 0.25) is 5.02 Å². The van der Waals surface area contributed by atoms with Gasteiger partial charge in [0.1, 0.15) is 17.3 Å². The second-order valence-electron chi connectivity index (χ2n) is 9.56. The molecule has 5 rings (SSSR count). The molecule has 0 spiro atoms. The van der Waals surface area contributed by atoms with E-state index in [4.69, 9.17) is 11.6 Å². The molecule has 2 aliphatic rings. The van der Waals surface area contributed by atoms with Crippen molar-refractivity contribution in [2.75, 3.05) is 11.4 Å². The Morgan fingerprint density at radius 3 is 2.55 bits per heavy atom. The Hall–Kier alpha value is -3.50. The van der Waals surface area contributed by atoms with Gasteiger partial charge in [-0.15, -0.1) is 0 Å². The van der Waals surface area contributed by atoms with Gasteiger partial charge in [0.15, 0.2) is 0 Å². The molecule has 3 heterocycles. The zero-order chi connectivity index (χ0) is 27.0. The Labute approximate surface area is 221 Å². The van der Waals surface area contributed by atoms with Gasteiger partial charge < -0.3 is 10.4 Å². The normalized spacial score (nSPS) is 23.0. The summed E-state index contributed by atoms with van der Waals surface area (Å²) in [6, 6.07) is 9.70. The number of pyridine rings is 2. The lowest BCUT2D eigenvalue weighted by atomic mass is 9.85. The van der Waals surface area contributed by atoms with Crippen LogP contribution < -0.4 is 10.2 Å². The Balaban J connectivity index is 1.27. The molecule has 1 aliphatic carbocycles. The maximum absolute atomic E-state index is 14.7. The van der Waals surface area contributed by atoms with E-state index in [2.05, 4.69) is 15.3 Å². The molecule has 1 fully saturated rings. The molecule has 0 radical (unpaired) electrons. The molecule has 0 saturated heterocycles. The number of aromatic nitrogens is 2. The van der Waals surface area contributed by atoms with Crippen LogP contribution in [0.4, 0.5) is 19.0 Å². The first-order chi connectivity index (χ1) is 18.2. The number of hydrogen-bond acceptors (Lipinski definition) is 5. The van der Waals surface area contributed by atoms with Crippen LogP contribution in [0.5, 0.6) is 0 Å². The number of nitrogens with zero attached hydrogens (tertiary/aromatic N) is 3. The molecule has 0 bridgehead atoms. The van der Waals surface area contributed by atoms with E-state index in [0.29, 0.717) is 25.7 Å². The highest BCUT2D eigenvalue weighted by Crippen LogP contribution is 2.44. The molecule has 11 heteroatoms. The van der Waals surface area contributed by atoms with Crippen molar-refractivity contribution in [3.05, 3.63) is 88.1 Å². The first-order valence-electron chi connectivity index (χ1n) is 12.2. The van der Waals surface area contributed by atoms with Crippen molar-refractivity contribution in [1.29, 1.82) is 0 Å². The number of fused-ring (bicyclic) bond motifs is 1. The minimum Gasteiger partial charge on any atom is -0.372 e. The molecular formula is C27H24ClF3N4O3. The number of alkyl halides is 2. The molecule has 1 saturated carbocycles. The van der Waals surface area contributed by atoms with Gasteiger partial charge in [-0.2, -0.15) is 0 Å². The van der Waals surface area contributed by atoms with Crippen LogP contribution in [0, 0.1) is 11.7 Å². The van der Waals surface area contributed by atoms with Gasteiger partial charge in [-0.3, -0.25) is 19.5 Å². The van der Waals surface area contributed by atoms with Crippen LogP contribution in [-0.4, -0.2) is 39.5 Å². The third-order valence-corrected chi connectivity index (χ3v) is 7.42. The largest absolute Gasteiger partial charge is 0.372 e. The zero-order valence-electron chi connectivity index (χ0n) is 20.1. The van der Waals surface area contributed by atoms with Crippen LogP contribution in [0.3, 0.4) is 0 Å². The van der Waals surface area contributed by atoms with Crippen molar-refractivity contribution in [1.82, 2.24) is 15.3 Å². The van der Waals surface area contributed by atoms with E-state index in [0.717, 1.165) is 6.20 Å². The number of nitrogens with one attached hydrogen (secondary N) is 1. The van der Waals surface area contributed by atoms with Crippen LogP contribution in [0.15, 0.2) is 54.9 Å². The quantitative estimate of drug-likeness (QED) is 0.466. The highest BCUT2D eigenvalue weighted by molar-refractivity contribution is 6.30. The van der Waals surface area contributed by atoms with Gasteiger partial charge in [-0.25, -0.2) is 18.2 Å². The maximum Gasteiger partial charge on any atom is 0.281 e. The second-order valence-corrected chi connectivity index (χ2v) is 10.00. The van der Waals surface area contributed by atoms with E-state index >= 15 is 0 Å². The van der Waals surface area contributed by atoms with Crippen LogP contribution in [0.25, 0.3) is 0 Å². The summed E-state index contributed by atoms with van der Waals surface area (Å²) in [6.07, 6.45) is 2.05. The van der Waals surface area contributed by atoms with Gasteiger partial charge >= 0.3 is 0 Å². The predicted molar refractivity (Wildman–Crippen MR) is 133 cm³/mol. The standard InChI is InChI=1S/C27H24ClF3N4O3/c28-16-12-18(22(23(30)31)33-13-16)25(36)34-17-9-7-15(8-10-17)14-35-24-20(5-3-11-32-24)27(38,26(35)37)19-4-1-2-6-21(19)29/h1-6,11-13,15,17,23,38H,7-10,14H2,(H,34,36)/t15-,17-,27?. The molecule has 198 valence electrons. The van der Waals surface area contributed by atoms with Crippen molar-refractivity contribution < 1.29 is 27.9 Å². The summed E-state index contributed by atoms with van der Waals surface area (Å²) in [4.78, 5) is 35.5.